The van der Waals surface area contributed by atoms with Gasteiger partial charge in [0.2, 0.25) is 0 Å². The van der Waals surface area contributed by atoms with Crippen LogP contribution in [0.3, 0.4) is 0 Å². The van der Waals surface area contributed by atoms with Crippen LogP contribution < -0.4 is 27.0 Å². The van der Waals surface area contributed by atoms with Crippen LogP contribution in [0.1, 0.15) is 16.8 Å². The number of hydrogen-bond donors (Lipinski definition) is 2. The first-order chi connectivity index (χ1) is 16.2. The van der Waals surface area contributed by atoms with E-state index in [1.54, 1.807) is 24.3 Å². The minimum Gasteiger partial charge on any atom is -0.399 e. The van der Waals surface area contributed by atoms with Crippen LogP contribution in [-0.2, 0) is 0 Å². The van der Waals surface area contributed by atoms with Gasteiger partial charge in [-0.1, -0.05) is 107 Å². The van der Waals surface area contributed by atoms with Crippen molar-refractivity contribution in [3.8, 4) is 0 Å². The second kappa shape index (κ2) is 13.6. The Hall–Kier alpha value is -2.94. The van der Waals surface area contributed by atoms with Gasteiger partial charge in [0.05, 0.1) is 0 Å². The fourth-order valence-electron chi connectivity index (χ4n) is 3.18. The molecule has 0 atom stereocenters. The summed E-state index contributed by atoms with van der Waals surface area (Å²) in [4.78, 5) is 11.5. The summed E-state index contributed by atoms with van der Waals surface area (Å²) in [5, 5.41) is 7.90. The number of rotatable bonds is 7. The average molecular weight is 519 g/mol. The fourth-order valence-corrected chi connectivity index (χ4v) is 5.77. The summed E-state index contributed by atoms with van der Waals surface area (Å²) in [6.07, 6.45) is 0.931. The lowest BCUT2D eigenvalue weighted by Gasteiger charge is -2.18. The Morgan fingerprint density at radius 2 is 1.12 bits per heavy atom. The molecular formula is C28H28BrN2OP. The molecule has 3 N–H and O–H groups in total. The molecule has 4 rings (SSSR count). The van der Waals surface area contributed by atoms with E-state index >= 15 is 0 Å². The number of anilines is 1. The molecule has 168 valence electrons. The minimum absolute atomic E-state index is 0.0500. The summed E-state index contributed by atoms with van der Waals surface area (Å²) < 4.78 is 0. The second-order valence-electron chi connectivity index (χ2n) is 7.26. The van der Waals surface area contributed by atoms with Gasteiger partial charge in [0, 0.05) is 23.1 Å². The maximum atomic E-state index is 11.5. The van der Waals surface area contributed by atoms with Crippen molar-refractivity contribution in [2.75, 3.05) is 17.6 Å². The first-order valence-electron chi connectivity index (χ1n) is 10.8. The van der Waals surface area contributed by atoms with Gasteiger partial charge in [-0.15, -0.1) is 0 Å². The first kappa shape index (κ1) is 24.7. The van der Waals surface area contributed by atoms with Gasteiger partial charge in [-0.05, 0) is 54.5 Å². The molecule has 0 spiro atoms. The van der Waals surface area contributed by atoms with E-state index in [1.165, 1.54) is 15.9 Å². The van der Waals surface area contributed by atoms with Crippen molar-refractivity contribution in [3.05, 3.63) is 121 Å². The van der Waals surface area contributed by atoms with E-state index in [-0.39, 0.29) is 5.91 Å². The van der Waals surface area contributed by atoms with Gasteiger partial charge in [-0.2, -0.15) is 0 Å². The highest BCUT2D eigenvalue weighted by atomic mass is 79.9. The molecule has 0 aliphatic rings. The largest absolute Gasteiger partial charge is 0.399 e. The maximum Gasteiger partial charge on any atom is 0.251 e. The van der Waals surface area contributed by atoms with Crippen molar-refractivity contribution in [2.24, 2.45) is 0 Å². The predicted molar refractivity (Wildman–Crippen MR) is 147 cm³/mol. The Labute approximate surface area is 205 Å². The molecule has 5 heteroatoms. The first-order valence-corrected chi connectivity index (χ1v) is 13.3. The fraction of sp³-hybridized carbons (Fsp3) is 0.107. The molecule has 3 nitrogen and oxygen atoms in total. The molecule has 0 saturated carbocycles. The molecule has 0 aromatic heterocycles. The standard InChI is InChI=1S/C18H15P.C10H13BrN2O/c1-4-10-16(11-5-1)19(17-12-6-2-7-13-17)18-14-8-3-9-15-18;11-6-1-7-13-10(14)8-2-4-9(12)5-3-8/h1-15H;2-5H,1,6-7,12H2,(H,13,14). The van der Waals surface area contributed by atoms with Crippen LogP contribution in [0, 0.1) is 0 Å². The van der Waals surface area contributed by atoms with Gasteiger partial charge in [-0.3, -0.25) is 4.79 Å². The molecular weight excluding hydrogens is 491 g/mol. The SMILES string of the molecule is Nc1ccc(C(=O)NCCCBr)cc1.c1ccc(P(c2ccccc2)c2ccccc2)cc1. The van der Waals surface area contributed by atoms with E-state index in [1.807, 2.05) is 0 Å². The van der Waals surface area contributed by atoms with Crippen molar-refractivity contribution in [3.63, 3.8) is 0 Å². The van der Waals surface area contributed by atoms with Crippen molar-refractivity contribution in [2.45, 2.75) is 6.42 Å². The molecule has 0 aliphatic heterocycles. The van der Waals surface area contributed by atoms with Crippen molar-refractivity contribution < 1.29 is 4.79 Å². The summed E-state index contributed by atoms with van der Waals surface area (Å²) in [5.41, 5.74) is 6.83. The van der Waals surface area contributed by atoms with Gasteiger partial charge < -0.3 is 11.1 Å². The number of hydrogen-bond acceptors (Lipinski definition) is 2. The molecule has 0 unspecified atom stereocenters. The molecule has 0 heterocycles. The predicted octanol–water partition coefficient (Wildman–Crippen LogP) is 5.23. The van der Waals surface area contributed by atoms with Crippen molar-refractivity contribution in [1.82, 2.24) is 5.32 Å². The smallest absolute Gasteiger partial charge is 0.251 e. The molecule has 0 aliphatic carbocycles. The van der Waals surface area contributed by atoms with Gasteiger partial charge >= 0.3 is 0 Å². The van der Waals surface area contributed by atoms with Crippen LogP contribution in [0.4, 0.5) is 5.69 Å². The van der Waals surface area contributed by atoms with Gasteiger partial charge in [0.25, 0.3) is 5.91 Å². The topological polar surface area (TPSA) is 55.1 Å². The van der Waals surface area contributed by atoms with Crippen molar-refractivity contribution in [1.29, 1.82) is 0 Å². The molecule has 1 amide bonds. The Balaban J connectivity index is 0.000000196. The maximum absolute atomic E-state index is 11.5. The van der Waals surface area contributed by atoms with E-state index in [2.05, 4.69) is 112 Å². The highest BCUT2D eigenvalue weighted by Crippen LogP contribution is 2.32. The van der Waals surface area contributed by atoms with E-state index in [0.29, 0.717) is 17.8 Å². The number of nitrogens with one attached hydrogen (secondary N) is 1. The number of nitrogens with two attached hydrogens (primary N) is 1. The van der Waals surface area contributed by atoms with Crippen LogP contribution in [-0.4, -0.2) is 17.8 Å². The number of halogens is 1. The van der Waals surface area contributed by atoms with E-state index < -0.39 is 7.92 Å². The van der Waals surface area contributed by atoms with Gasteiger partial charge in [0.1, 0.15) is 0 Å². The third-order valence-electron chi connectivity index (χ3n) is 4.81. The zero-order valence-electron chi connectivity index (χ0n) is 18.4. The molecule has 4 aromatic carbocycles. The summed E-state index contributed by atoms with van der Waals surface area (Å²) in [6, 6.07) is 39.2. The summed E-state index contributed by atoms with van der Waals surface area (Å²) >= 11 is 3.30. The van der Waals surface area contributed by atoms with E-state index in [9.17, 15) is 4.79 Å². The van der Waals surface area contributed by atoms with Crippen molar-refractivity contribution >= 4 is 51.4 Å². The number of carbonyl (C=O) groups is 1. The van der Waals surface area contributed by atoms with Crippen LogP contribution in [0.15, 0.2) is 115 Å². The van der Waals surface area contributed by atoms with E-state index in [4.69, 9.17) is 5.73 Å². The Bertz CT molecular complexity index is 997. The molecule has 0 fully saturated rings. The lowest BCUT2D eigenvalue weighted by atomic mass is 10.2. The zero-order chi connectivity index (χ0) is 23.3. The summed E-state index contributed by atoms with van der Waals surface area (Å²) in [7, 11) is -0.446. The lowest BCUT2D eigenvalue weighted by Crippen LogP contribution is -2.24. The van der Waals surface area contributed by atoms with Crippen LogP contribution in [0.2, 0.25) is 0 Å². The van der Waals surface area contributed by atoms with Gasteiger partial charge in [-0.25, -0.2) is 0 Å². The molecule has 0 saturated heterocycles. The highest BCUT2D eigenvalue weighted by Gasteiger charge is 2.15. The monoisotopic (exact) mass is 518 g/mol. The van der Waals surface area contributed by atoms with Crippen LogP contribution >= 0.6 is 23.9 Å². The Morgan fingerprint density at radius 3 is 1.52 bits per heavy atom. The summed E-state index contributed by atoms with van der Waals surface area (Å²) in [6.45, 7) is 0.689. The quantitative estimate of drug-likeness (QED) is 0.152. The summed E-state index contributed by atoms with van der Waals surface area (Å²) in [5.74, 6) is -0.0500. The highest BCUT2D eigenvalue weighted by molar-refractivity contribution is 9.09. The Morgan fingerprint density at radius 1 is 0.697 bits per heavy atom. The Kier molecular flexibility index (Phi) is 10.2. The number of benzene rings is 4. The van der Waals surface area contributed by atoms with Crippen LogP contribution in [0.25, 0.3) is 0 Å². The number of nitrogen functional groups attached to an aromatic ring is 1. The second-order valence-corrected chi connectivity index (χ2v) is 10.3. The zero-order valence-corrected chi connectivity index (χ0v) is 20.9. The van der Waals surface area contributed by atoms with Gasteiger partial charge in [0.15, 0.2) is 0 Å². The number of alkyl halides is 1. The lowest BCUT2D eigenvalue weighted by molar-refractivity contribution is 0.0954. The number of carbonyl (C=O) groups excluding carboxylic acids is 1. The third kappa shape index (κ3) is 7.85. The molecule has 33 heavy (non-hydrogen) atoms. The minimum atomic E-state index is -0.446. The molecule has 0 bridgehead atoms. The average Bonchev–Trinajstić information content (AvgIpc) is 2.87. The van der Waals surface area contributed by atoms with E-state index in [0.717, 1.165) is 11.8 Å². The number of amides is 1. The molecule has 0 radical (unpaired) electrons. The molecule has 4 aromatic rings. The van der Waals surface area contributed by atoms with Crippen LogP contribution in [0.5, 0.6) is 0 Å². The normalized spacial score (nSPS) is 10.2. The third-order valence-corrected chi connectivity index (χ3v) is 7.82.